The molecule has 4 nitrogen and oxygen atoms in total. The first kappa shape index (κ1) is 21.1. The minimum Gasteiger partial charge on any atom is -0.493 e. The Morgan fingerprint density at radius 1 is 0.939 bits per heavy atom. The lowest BCUT2D eigenvalue weighted by Crippen LogP contribution is -2.60. The number of aryl methyl sites for hydroxylation is 1. The lowest BCUT2D eigenvalue weighted by atomic mass is 9.42. The molecular weight excluding hydrogens is 410 g/mol. The molecule has 0 saturated heterocycles. The number of ether oxygens (including phenoxy) is 2. The van der Waals surface area contributed by atoms with Gasteiger partial charge in [0.25, 0.3) is 0 Å². The number of fused-ring (bicyclic) bond motifs is 1. The first-order valence-corrected chi connectivity index (χ1v) is 12.5. The van der Waals surface area contributed by atoms with E-state index in [4.69, 9.17) is 9.47 Å². The highest BCUT2D eigenvalue weighted by atomic mass is 16.5. The second-order valence-electron chi connectivity index (χ2n) is 11.3. The van der Waals surface area contributed by atoms with Crippen molar-refractivity contribution in [3.05, 3.63) is 58.7 Å². The van der Waals surface area contributed by atoms with Gasteiger partial charge in [0.1, 0.15) is 0 Å². The van der Waals surface area contributed by atoms with Crippen LogP contribution in [-0.4, -0.2) is 31.6 Å². The molecule has 4 heteroatoms. The number of nitrogens with zero attached hydrogens (tertiary/aromatic N) is 1. The van der Waals surface area contributed by atoms with E-state index in [1.54, 1.807) is 14.2 Å². The van der Waals surface area contributed by atoms with Gasteiger partial charge >= 0.3 is 0 Å². The molecule has 2 unspecified atom stereocenters. The van der Waals surface area contributed by atoms with Crippen LogP contribution in [0.5, 0.6) is 11.5 Å². The van der Waals surface area contributed by atoms with Crippen LogP contribution in [0.15, 0.2) is 36.4 Å². The van der Waals surface area contributed by atoms with Crippen molar-refractivity contribution in [1.29, 1.82) is 0 Å². The number of hydrogen-bond donors (Lipinski definition) is 0. The topological polar surface area (TPSA) is 38.8 Å². The third kappa shape index (κ3) is 3.28. The standard InChI is InChI=1S/C29H35NO3/c1-19-4-6-24(7-5-19)28-13-20-10-21(14-28)16-29(15-20,18-28)27(31)30-9-8-22-11-25(32-2)26(33-3)12-23(22)17-30/h4-7,11-12,20-21H,8-10,13-18H2,1-3H3. The summed E-state index contributed by atoms with van der Waals surface area (Å²) in [4.78, 5) is 16.4. The van der Waals surface area contributed by atoms with Crippen LogP contribution in [0.25, 0.3) is 0 Å². The van der Waals surface area contributed by atoms with E-state index in [1.165, 1.54) is 41.5 Å². The second kappa shape index (κ2) is 7.51. The molecule has 1 aliphatic heterocycles. The van der Waals surface area contributed by atoms with Crippen LogP contribution in [0, 0.1) is 24.2 Å². The molecule has 174 valence electrons. The number of carbonyl (C=O) groups excluding carboxylic acids is 1. The molecule has 1 heterocycles. The number of methoxy groups -OCH3 is 2. The van der Waals surface area contributed by atoms with E-state index in [-0.39, 0.29) is 10.8 Å². The van der Waals surface area contributed by atoms with Gasteiger partial charge in [-0.15, -0.1) is 0 Å². The largest absolute Gasteiger partial charge is 0.493 e. The third-order valence-electron chi connectivity index (χ3n) is 9.18. The van der Waals surface area contributed by atoms with Gasteiger partial charge in [-0.2, -0.15) is 0 Å². The number of carbonyl (C=O) groups is 1. The Labute approximate surface area is 197 Å². The second-order valence-corrected chi connectivity index (χ2v) is 11.3. The Morgan fingerprint density at radius 3 is 2.21 bits per heavy atom. The molecule has 2 aromatic rings. The maximum Gasteiger partial charge on any atom is 0.229 e. The van der Waals surface area contributed by atoms with Crippen LogP contribution < -0.4 is 9.47 Å². The molecule has 1 amide bonds. The highest BCUT2D eigenvalue weighted by Gasteiger charge is 2.61. The zero-order valence-corrected chi connectivity index (χ0v) is 20.2. The molecule has 0 radical (unpaired) electrons. The van der Waals surface area contributed by atoms with Gasteiger partial charge in [0.05, 0.1) is 19.6 Å². The monoisotopic (exact) mass is 445 g/mol. The third-order valence-corrected chi connectivity index (χ3v) is 9.18. The molecule has 4 saturated carbocycles. The summed E-state index contributed by atoms with van der Waals surface area (Å²) in [5, 5.41) is 0. The maximum absolute atomic E-state index is 14.2. The van der Waals surface area contributed by atoms with Crippen molar-refractivity contribution in [3.8, 4) is 11.5 Å². The Hall–Kier alpha value is -2.49. The van der Waals surface area contributed by atoms with E-state index >= 15 is 0 Å². The fourth-order valence-corrected chi connectivity index (χ4v) is 8.15. The van der Waals surface area contributed by atoms with Crippen LogP contribution >= 0.6 is 0 Å². The molecular formula is C29H35NO3. The highest BCUT2D eigenvalue weighted by Crippen LogP contribution is 2.66. The average Bonchev–Trinajstić information content (AvgIpc) is 2.81. The van der Waals surface area contributed by atoms with Gasteiger partial charge in [-0.1, -0.05) is 29.8 Å². The molecule has 4 fully saturated rings. The van der Waals surface area contributed by atoms with E-state index in [1.807, 2.05) is 0 Å². The van der Waals surface area contributed by atoms with Gasteiger partial charge in [0.15, 0.2) is 11.5 Å². The summed E-state index contributed by atoms with van der Waals surface area (Å²) >= 11 is 0. The predicted octanol–water partition coefficient (Wildman–Crippen LogP) is 5.44. The van der Waals surface area contributed by atoms with E-state index in [2.05, 4.69) is 48.2 Å². The molecule has 4 aliphatic carbocycles. The number of rotatable bonds is 4. The van der Waals surface area contributed by atoms with Crippen LogP contribution in [0.1, 0.15) is 60.8 Å². The van der Waals surface area contributed by atoms with E-state index in [0.29, 0.717) is 24.3 Å². The molecule has 33 heavy (non-hydrogen) atoms. The van der Waals surface area contributed by atoms with Gasteiger partial charge in [-0.3, -0.25) is 4.79 Å². The Kier molecular flexibility index (Phi) is 4.80. The van der Waals surface area contributed by atoms with Crippen LogP contribution in [0.3, 0.4) is 0 Å². The molecule has 5 aliphatic rings. The van der Waals surface area contributed by atoms with Crippen molar-refractivity contribution in [2.24, 2.45) is 17.3 Å². The van der Waals surface area contributed by atoms with Crippen molar-refractivity contribution < 1.29 is 14.3 Å². The molecule has 0 aromatic heterocycles. The molecule has 4 bridgehead atoms. The summed E-state index contributed by atoms with van der Waals surface area (Å²) in [5.74, 6) is 3.32. The smallest absolute Gasteiger partial charge is 0.229 e. The van der Waals surface area contributed by atoms with Crippen molar-refractivity contribution in [1.82, 2.24) is 4.90 Å². The fourth-order valence-electron chi connectivity index (χ4n) is 8.15. The minimum atomic E-state index is -0.178. The Balaban J connectivity index is 1.30. The van der Waals surface area contributed by atoms with Crippen LogP contribution in [0.2, 0.25) is 0 Å². The average molecular weight is 446 g/mol. The normalized spacial score (nSPS) is 31.9. The summed E-state index contributed by atoms with van der Waals surface area (Å²) in [6.07, 6.45) is 7.94. The van der Waals surface area contributed by atoms with Crippen LogP contribution in [-0.2, 0) is 23.2 Å². The van der Waals surface area contributed by atoms with Gasteiger partial charge in [-0.25, -0.2) is 0 Å². The SMILES string of the molecule is COc1cc2c(cc1OC)CN(C(=O)C13CC4CC(C1)CC(c1ccc(C)cc1)(C4)C3)CC2. The molecule has 0 N–H and O–H groups in total. The highest BCUT2D eigenvalue weighted by molar-refractivity contribution is 5.84. The summed E-state index contributed by atoms with van der Waals surface area (Å²) in [5.41, 5.74) is 5.28. The summed E-state index contributed by atoms with van der Waals surface area (Å²) in [6, 6.07) is 13.4. The summed E-state index contributed by atoms with van der Waals surface area (Å²) in [6.45, 7) is 3.65. The van der Waals surface area contributed by atoms with Gasteiger partial charge in [0, 0.05) is 13.1 Å². The zero-order chi connectivity index (χ0) is 22.8. The molecule has 0 spiro atoms. The molecule has 7 rings (SSSR count). The van der Waals surface area contributed by atoms with Crippen molar-refractivity contribution in [3.63, 3.8) is 0 Å². The van der Waals surface area contributed by atoms with Crippen molar-refractivity contribution in [2.75, 3.05) is 20.8 Å². The summed E-state index contributed by atoms with van der Waals surface area (Å²) < 4.78 is 11.0. The summed E-state index contributed by atoms with van der Waals surface area (Å²) in [7, 11) is 3.36. The Bertz CT molecular complexity index is 1070. The van der Waals surface area contributed by atoms with Gasteiger partial charge < -0.3 is 14.4 Å². The maximum atomic E-state index is 14.2. The molecule has 2 atom stereocenters. The number of benzene rings is 2. The van der Waals surface area contributed by atoms with E-state index in [9.17, 15) is 4.79 Å². The van der Waals surface area contributed by atoms with E-state index < -0.39 is 0 Å². The Morgan fingerprint density at radius 2 is 1.58 bits per heavy atom. The van der Waals surface area contributed by atoms with Crippen molar-refractivity contribution >= 4 is 5.91 Å². The molecule has 2 aromatic carbocycles. The first-order valence-electron chi connectivity index (χ1n) is 12.5. The quantitative estimate of drug-likeness (QED) is 0.629. The van der Waals surface area contributed by atoms with Gasteiger partial charge in [0.2, 0.25) is 5.91 Å². The van der Waals surface area contributed by atoms with E-state index in [0.717, 1.165) is 43.7 Å². The zero-order valence-electron chi connectivity index (χ0n) is 20.2. The number of amides is 1. The fraction of sp³-hybridized carbons (Fsp3) is 0.552. The van der Waals surface area contributed by atoms with Crippen molar-refractivity contribution in [2.45, 2.75) is 63.8 Å². The van der Waals surface area contributed by atoms with Gasteiger partial charge in [-0.05, 0) is 97.9 Å². The first-order chi connectivity index (χ1) is 15.9. The predicted molar refractivity (Wildman–Crippen MR) is 129 cm³/mol. The minimum absolute atomic E-state index is 0.178. The van der Waals surface area contributed by atoms with Crippen LogP contribution in [0.4, 0.5) is 0 Å². The lowest BCUT2D eigenvalue weighted by Gasteiger charge is -2.62. The number of hydrogen-bond acceptors (Lipinski definition) is 3. The lowest BCUT2D eigenvalue weighted by molar-refractivity contribution is -0.161.